The number of nitrogens with two attached hydrogens (primary N) is 1. The fourth-order valence-corrected chi connectivity index (χ4v) is 2.85. The molecule has 1 aromatic rings. The van der Waals surface area contributed by atoms with E-state index >= 15 is 0 Å². The first-order valence-electron chi connectivity index (χ1n) is 8.27. The van der Waals surface area contributed by atoms with Crippen LogP contribution < -0.4 is 16.4 Å². The topological polar surface area (TPSA) is 131 Å². The summed E-state index contributed by atoms with van der Waals surface area (Å²) >= 11 is 0. The Labute approximate surface area is 145 Å². The fraction of sp³-hybridized carbons (Fsp3) is 0.500. The molecule has 1 aliphatic rings. The van der Waals surface area contributed by atoms with E-state index in [2.05, 4.69) is 15.5 Å². The lowest BCUT2D eigenvalue weighted by Gasteiger charge is -2.30. The molecule has 0 saturated carbocycles. The third kappa shape index (κ3) is 5.71. The van der Waals surface area contributed by atoms with Crippen molar-refractivity contribution < 1.29 is 14.5 Å². The van der Waals surface area contributed by atoms with Crippen molar-refractivity contribution in [1.82, 2.24) is 10.2 Å². The number of hydrogen-bond acceptors (Lipinski definition) is 5. The molecule has 1 saturated heterocycles. The van der Waals surface area contributed by atoms with Crippen molar-refractivity contribution >= 4 is 23.3 Å². The van der Waals surface area contributed by atoms with Crippen LogP contribution in [0.15, 0.2) is 24.3 Å². The van der Waals surface area contributed by atoms with Crippen LogP contribution in [-0.4, -0.2) is 47.9 Å². The Morgan fingerprint density at radius 3 is 2.60 bits per heavy atom. The van der Waals surface area contributed by atoms with E-state index in [0.717, 1.165) is 38.9 Å². The molecule has 0 spiro atoms. The van der Waals surface area contributed by atoms with Gasteiger partial charge in [0.25, 0.3) is 5.69 Å². The summed E-state index contributed by atoms with van der Waals surface area (Å²) in [7, 11) is 0. The SMILES string of the molecule is NC(=O)C1CCN(CCCNC(=O)Nc2ccccc2[N+](=O)[O-])CC1. The van der Waals surface area contributed by atoms with Crippen molar-refractivity contribution in [2.75, 3.05) is 31.5 Å². The number of nitrogens with one attached hydrogen (secondary N) is 2. The number of carbonyl (C=O) groups is 2. The van der Waals surface area contributed by atoms with E-state index in [1.807, 2.05) is 0 Å². The monoisotopic (exact) mass is 349 g/mol. The van der Waals surface area contributed by atoms with Crippen LogP contribution in [0.1, 0.15) is 19.3 Å². The first-order chi connectivity index (χ1) is 12.0. The van der Waals surface area contributed by atoms with Gasteiger partial charge >= 0.3 is 6.03 Å². The Kier molecular flexibility index (Phi) is 6.70. The maximum absolute atomic E-state index is 11.8. The lowest BCUT2D eigenvalue weighted by Crippen LogP contribution is -2.40. The molecule has 1 aromatic carbocycles. The Balaban J connectivity index is 1.66. The molecule has 0 radical (unpaired) electrons. The second-order valence-corrected chi connectivity index (χ2v) is 6.03. The summed E-state index contributed by atoms with van der Waals surface area (Å²) in [6, 6.07) is 5.52. The maximum atomic E-state index is 11.8. The van der Waals surface area contributed by atoms with Crippen molar-refractivity contribution in [3.63, 3.8) is 0 Å². The van der Waals surface area contributed by atoms with Crippen molar-refractivity contribution in [3.8, 4) is 0 Å². The first kappa shape index (κ1) is 18.7. The summed E-state index contributed by atoms with van der Waals surface area (Å²) in [4.78, 5) is 35.6. The van der Waals surface area contributed by atoms with Gasteiger partial charge in [-0.3, -0.25) is 14.9 Å². The minimum Gasteiger partial charge on any atom is -0.369 e. The fourth-order valence-electron chi connectivity index (χ4n) is 2.85. The van der Waals surface area contributed by atoms with Crippen LogP contribution in [-0.2, 0) is 4.79 Å². The Bertz CT molecular complexity index is 629. The second-order valence-electron chi connectivity index (χ2n) is 6.03. The highest BCUT2D eigenvalue weighted by Gasteiger charge is 2.22. The van der Waals surface area contributed by atoms with Crippen LogP contribution in [0.25, 0.3) is 0 Å². The third-order valence-electron chi connectivity index (χ3n) is 4.28. The van der Waals surface area contributed by atoms with E-state index in [0.29, 0.717) is 6.54 Å². The van der Waals surface area contributed by atoms with E-state index < -0.39 is 11.0 Å². The molecule has 3 amide bonds. The predicted octanol–water partition coefficient (Wildman–Crippen LogP) is 1.30. The zero-order valence-electron chi connectivity index (χ0n) is 13.9. The number of likely N-dealkylation sites (tertiary alicyclic amines) is 1. The van der Waals surface area contributed by atoms with E-state index in [-0.39, 0.29) is 23.2 Å². The zero-order valence-corrected chi connectivity index (χ0v) is 13.9. The Hall–Kier alpha value is -2.68. The van der Waals surface area contributed by atoms with E-state index in [4.69, 9.17) is 5.73 Å². The third-order valence-corrected chi connectivity index (χ3v) is 4.28. The van der Waals surface area contributed by atoms with Gasteiger partial charge in [-0.1, -0.05) is 12.1 Å². The molecule has 1 aliphatic heterocycles. The summed E-state index contributed by atoms with van der Waals surface area (Å²) < 4.78 is 0. The van der Waals surface area contributed by atoms with Crippen LogP contribution in [0.2, 0.25) is 0 Å². The summed E-state index contributed by atoms with van der Waals surface area (Å²) in [5.74, 6) is -0.255. The maximum Gasteiger partial charge on any atom is 0.319 e. The summed E-state index contributed by atoms with van der Waals surface area (Å²) in [5, 5.41) is 16.1. The van der Waals surface area contributed by atoms with E-state index in [9.17, 15) is 19.7 Å². The molecule has 0 aliphatic carbocycles. The quantitative estimate of drug-likeness (QED) is 0.388. The van der Waals surface area contributed by atoms with Crippen molar-refractivity contribution in [2.24, 2.45) is 11.7 Å². The highest BCUT2D eigenvalue weighted by Crippen LogP contribution is 2.22. The molecular weight excluding hydrogens is 326 g/mol. The van der Waals surface area contributed by atoms with Gasteiger partial charge in [-0.25, -0.2) is 4.79 Å². The van der Waals surface area contributed by atoms with Gasteiger partial charge < -0.3 is 21.3 Å². The summed E-state index contributed by atoms with van der Waals surface area (Å²) in [6.45, 7) is 2.94. The number of urea groups is 1. The number of hydrogen-bond donors (Lipinski definition) is 3. The molecule has 0 atom stereocenters. The van der Waals surface area contributed by atoms with E-state index in [1.165, 1.54) is 12.1 Å². The van der Waals surface area contributed by atoms with Gasteiger partial charge in [-0.05, 0) is 45.0 Å². The van der Waals surface area contributed by atoms with Gasteiger partial charge in [0.1, 0.15) is 5.69 Å². The van der Waals surface area contributed by atoms with Crippen LogP contribution in [0, 0.1) is 16.0 Å². The molecule has 9 nitrogen and oxygen atoms in total. The predicted molar refractivity (Wildman–Crippen MR) is 93.1 cm³/mol. The number of amides is 3. The van der Waals surface area contributed by atoms with Crippen molar-refractivity contribution in [3.05, 3.63) is 34.4 Å². The molecule has 0 bridgehead atoms. The Morgan fingerprint density at radius 2 is 1.96 bits per heavy atom. The zero-order chi connectivity index (χ0) is 18.2. The largest absolute Gasteiger partial charge is 0.369 e. The van der Waals surface area contributed by atoms with Gasteiger partial charge in [0, 0.05) is 18.5 Å². The van der Waals surface area contributed by atoms with Crippen LogP contribution in [0.4, 0.5) is 16.2 Å². The molecule has 136 valence electrons. The number of nitrogens with zero attached hydrogens (tertiary/aromatic N) is 2. The average molecular weight is 349 g/mol. The highest BCUT2D eigenvalue weighted by atomic mass is 16.6. The number of rotatable bonds is 7. The summed E-state index contributed by atoms with van der Waals surface area (Å²) in [5.41, 5.74) is 5.33. The first-order valence-corrected chi connectivity index (χ1v) is 8.27. The average Bonchev–Trinajstić information content (AvgIpc) is 2.59. The Morgan fingerprint density at radius 1 is 1.28 bits per heavy atom. The van der Waals surface area contributed by atoms with E-state index in [1.54, 1.807) is 12.1 Å². The molecule has 1 fully saturated rings. The van der Waals surface area contributed by atoms with Gasteiger partial charge in [-0.2, -0.15) is 0 Å². The van der Waals surface area contributed by atoms with Crippen LogP contribution in [0.3, 0.4) is 0 Å². The number of anilines is 1. The number of nitro benzene ring substituents is 1. The number of nitro groups is 1. The number of piperidine rings is 1. The van der Waals surface area contributed by atoms with Gasteiger partial charge in [0.15, 0.2) is 0 Å². The van der Waals surface area contributed by atoms with Crippen molar-refractivity contribution in [1.29, 1.82) is 0 Å². The van der Waals surface area contributed by atoms with Gasteiger partial charge in [-0.15, -0.1) is 0 Å². The number of benzene rings is 1. The molecule has 9 heteroatoms. The van der Waals surface area contributed by atoms with Gasteiger partial charge in [0.05, 0.1) is 4.92 Å². The lowest BCUT2D eigenvalue weighted by molar-refractivity contribution is -0.383. The highest BCUT2D eigenvalue weighted by molar-refractivity contribution is 5.91. The molecular formula is C16H23N5O4. The molecule has 2 rings (SSSR count). The standard InChI is InChI=1S/C16H23N5O4/c17-15(22)12-6-10-20(11-7-12)9-3-8-18-16(23)19-13-4-1-2-5-14(13)21(24)25/h1-2,4-5,12H,3,6-11H2,(H2,17,22)(H2,18,19,23). The minimum absolute atomic E-state index is 0.0261. The number of para-hydroxylation sites is 2. The molecule has 4 N–H and O–H groups in total. The van der Waals surface area contributed by atoms with Gasteiger partial charge in [0.2, 0.25) is 5.91 Å². The van der Waals surface area contributed by atoms with Crippen molar-refractivity contribution in [2.45, 2.75) is 19.3 Å². The summed E-state index contributed by atoms with van der Waals surface area (Å²) in [6.07, 6.45) is 2.31. The minimum atomic E-state index is -0.536. The number of carbonyl (C=O) groups excluding carboxylic acids is 2. The molecule has 1 heterocycles. The van der Waals surface area contributed by atoms with Crippen LogP contribution >= 0.6 is 0 Å². The lowest BCUT2D eigenvalue weighted by atomic mass is 9.96. The number of primary amides is 1. The molecule has 25 heavy (non-hydrogen) atoms. The van der Waals surface area contributed by atoms with Crippen LogP contribution in [0.5, 0.6) is 0 Å². The second kappa shape index (κ2) is 8.97. The normalized spacial score (nSPS) is 15.5. The smallest absolute Gasteiger partial charge is 0.319 e. The molecule has 0 aromatic heterocycles. The molecule has 0 unspecified atom stereocenters.